The van der Waals surface area contributed by atoms with Crippen LogP contribution in [0.15, 0.2) is 68.6 Å². The third-order valence-corrected chi connectivity index (χ3v) is 4.82. The average molecular weight is 485 g/mol. The molecule has 0 atom stereocenters. The molecule has 0 fully saturated rings. The van der Waals surface area contributed by atoms with Gasteiger partial charge in [-0.05, 0) is 48.9 Å². The topological polar surface area (TPSA) is 101 Å². The van der Waals surface area contributed by atoms with Crippen LogP contribution in [0.2, 0.25) is 0 Å². The molecular weight excluding hydrogens is 464 g/mol. The van der Waals surface area contributed by atoms with Gasteiger partial charge in [-0.15, -0.1) is 0 Å². The van der Waals surface area contributed by atoms with Gasteiger partial charge in [0.2, 0.25) is 0 Å². The summed E-state index contributed by atoms with van der Waals surface area (Å²) < 4.78 is 11.6. The maximum atomic E-state index is 12.1. The number of nitrogens with one attached hydrogen (secondary N) is 1. The van der Waals surface area contributed by atoms with Crippen molar-refractivity contribution >= 4 is 34.0 Å². The highest BCUT2D eigenvalue weighted by Crippen LogP contribution is 2.23. The van der Waals surface area contributed by atoms with E-state index in [1.165, 1.54) is 18.3 Å². The van der Waals surface area contributed by atoms with Gasteiger partial charge in [-0.1, -0.05) is 41.4 Å². The van der Waals surface area contributed by atoms with Crippen molar-refractivity contribution in [1.29, 1.82) is 0 Å². The first kappa shape index (κ1) is 22.3. The minimum Gasteiger partial charge on any atom is -0.507 e. The summed E-state index contributed by atoms with van der Waals surface area (Å²) in [5.74, 6) is -0.0308. The number of carbonyl (C=O) groups excluding carboxylic acids is 2. The number of rotatable bonds is 8. The molecule has 160 valence electrons. The lowest BCUT2D eigenvalue weighted by Crippen LogP contribution is -2.17. The molecule has 0 saturated carbocycles. The minimum absolute atomic E-state index is 0.0972. The largest absolute Gasteiger partial charge is 0.507 e. The predicted octanol–water partition coefficient (Wildman–Crippen LogP) is 5.14. The number of amides is 1. The molecule has 0 saturated heterocycles. The Bertz CT molecular complexity index is 1090. The van der Waals surface area contributed by atoms with Crippen molar-refractivity contribution < 1.29 is 23.8 Å². The zero-order chi connectivity index (χ0) is 22.2. The molecule has 0 aliphatic rings. The standard InChI is InChI=1S/C23H21BrN2O5/c1-2-3-12-30-23(29)16-6-4-15(5-7-16)21-11-9-18(31-21)14-25-26-22(28)19-13-17(24)8-10-20(19)27/h4-11,13-14,27H,2-3,12H2,1H3,(H,26,28)/b25-14+. The van der Waals surface area contributed by atoms with Gasteiger partial charge in [-0.2, -0.15) is 5.10 Å². The van der Waals surface area contributed by atoms with Gasteiger partial charge in [-0.25, -0.2) is 10.2 Å². The monoisotopic (exact) mass is 484 g/mol. The van der Waals surface area contributed by atoms with Crippen LogP contribution in [0.1, 0.15) is 46.2 Å². The fourth-order valence-electron chi connectivity index (χ4n) is 2.65. The summed E-state index contributed by atoms with van der Waals surface area (Å²) in [7, 11) is 0. The van der Waals surface area contributed by atoms with E-state index in [1.807, 2.05) is 6.92 Å². The zero-order valence-electron chi connectivity index (χ0n) is 16.8. The maximum absolute atomic E-state index is 12.1. The van der Waals surface area contributed by atoms with E-state index < -0.39 is 5.91 Å². The van der Waals surface area contributed by atoms with E-state index in [9.17, 15) is 14.7 Å². The molecule has 1 amide bonds. The second-order valence-corrected chi connectivity index (χ2v) is 7.55. The Hall–Kier alpha value is -3.39. The van der Waals surface area contributed by atoms with Crippen molar-refractivity contribution in [2.24, 2.45) is 5.10 Å². The number of hydrazone groups is 1. The smallest absolute Gasteiger partial charge is 0.338 e. The summed E-state index contributed by atoms with van der Waals surface area (Å²) in [6.07, 6.45) is 3.16. The van der Waals surface area contributed by atoms with Crippen LogP contribution in [0, 0.1) is 0 Å². The summed E-state index contributed by atoms with van der Waals surface area (Å²) in [6.45, 7) is 2.45. The normalized spacial score (nSPS) is 10.9. The summed E-state index contributed by atoms with van der Waals surface area (Å²) in [4.78, 5) is 24.1. The summed E-state index contributed by atoms with van der Waals surface area (Å²) in [5, 5.41) is 13.6. The van der Waals surface area contributed by atoms with Gasteiger partial charge in [0, 0.05) is 10.0 Å². The molecule has 0 radical (unpaired) electrons. The van der Waals surface area contributed by atoms with Crippen LogP contribution in [0.3, 0.4) is 0 Å². The second-order valence-electron chi connectivity index (χ2n) is 6.63. The van der Waals surface area contributed by atoms with E-state index in [2.05, 4.69) is 26.5 Å². The molecule has 31 heavy (non-hydrogen) atoms. The number of hydrogen-bond acceptors (Lipinski definition) is 6. The third-order valence-electron chi connectivity index (χ3n) is 4.32. The van der Waals surface area contributed by atoms with E-state index in [0.717, 1.165) is 18.4 Å². The van der Waals surface area contributed by atoms with Gasteiger partial charge in [0.05, 0.1) is 23.9 Å². The Morgan fingerprint density at radius 3 is 2.68 bits per heavy atom. The summed E-state index contributed by atoms with van der Waals surface area (Å²) in [6, 6.07) is 14.9. The molecule has 8 heteroatoms. The molecular formula is C23H21BrN2O5. The van der Waals surface area contributed by atoms with Crippen molar-refractivity contribution in [3.05, 3.63) is 76.0 Å². The molecule has 2 N–H and O–H groups in total. The first-order valence-electron chi connectivity index (χ1n) is 9.67. The zero-order valence-corrected chi connectivity index (χ0v) is 18.4. The minimum atomic E-state index is -0.553. The van der Waals surface area contributed by atoms with E-state index in [1.54, 1.807) is 42.5 Å². The first-order chi connectivity index (χ1) is 15.0. The van der Waals surface area contributed by atoms with Crippen molar-refractivity contribution in [3.63, 3.8) is 0 Å². The highest BCUT2D eigenvalue weighted by Gasteiger charge is 2.11. The van der Waals surface area contributed by atoms with Crippen LogP contribution in [0.5, 0.6) is 5.75 Å². The van der Waals surface area contributed by atoms with Crippen LogP contribution < -0.4 is 5.43 Å². The van der Waals surface area contributed by atoms with E-state index in [4.69, 9.17) is 9.15 Å². The van der Waals surface area contributed by atoms with Crippen molar-refractivity contribution in [2.45, 2.75) is 19.8 Å². The number of benzene rings is 2. The van der Waals surface area contributed by atoms with Crippen molar-refractivity contribution in [1.82, 2.24) is 5.43 Å². The molecule has 7 nitrogen and oxygen atoms in total. The highest BCUT2D eigenvalue weighted by atomic mass is 79.9. The molecule has 0 spiro atoms. The number of furan rings is 1. The fraction of sp³-hybridized carbons (Fsp3) is 0.174. The molecule has 0 aliphatic carbocycles. The predicted molar refractivity (Wildman–Crippen MR) is 120 cm³/mol. The first-order valence-corrected chi connectivity index (χ1v) is 10.5. The van der Waals surface area contributed by atoms with Crippen LogP contribution in [-0.2, 0) is 4.74 Å². The number of unbranched alkanes of at least 4 members (excludes halogenated alkanes) is 1. The van der Waals surface area contributed by atoms with Gasteiger partial charge in [0.15, 0.2) is 0 Å². The number of phenols is 1. The van der Waals surface area contributed by atoms with Gasteiger partial charge in [0.25, 0.3) is 5.91 Å². The van der Waals surface area contributed by atoms with Gasteiger partial charge < -0.3 is 14.3 Å². The second kappa shape index (κ2) is 10.6. The van der Waals surface area contributed by atoms with Crippen LogP contribution in [-0.4, -0.2) is 29.8 Å². The molecule has 0 aliphatic heterocycles. The number of halogens is 1. The lowest BCUT2D eigenvalue weighted by Gasteiger charge is -2.04. The van der Waals surface area contributed by atoms with E-state index >= 15 is 0 Å². The number of carbonyl (C=O) groups is 2. The molecule has 0 unspecified atom stereocenters. The number of phenolic OH excluding ortho intramolecular Hbond substituents is 1. The third kappa shape index (κ3) is 6.05. The van der Waals surface area contributed by atoms with Gasteiger partial charge >= 0.3 is 5.97 Å². The number of hydrogen-bond donors (Lipinski definition) is 2. The van der Waals surface area contributed by atoms with Crippen LogP contribution in [0.4, 0.5) is 0 Å². The summed E-state index contributed by atoms with van der Waals surface area (Å²) in [5.41, 5.74) is 3.70. The Labute approximate surface area is 187 Å². The Balaban J connectivity index is 1.60. The van der Waals surface area contributed by atoms with Crippen molar-refractivity contribution in [3.8, 4) is 17.1 Å². The lowest BCUT2D eigenvalue weighted by atomic mass is 10.1. The molecule has 0 bridgehead atoms. The molecule has 3 aromatic rings. The average Bonchev–Trinajstić information content (AvgIpc) is 3.24. The molecule has 2 aromatic carbocycles. The number of nitrogens with zero attached hydrogens (tertiary/aromatic N) is 1. The van der Waals surface area contributed by atoms with Crippen LogP contribution in [0.25, 0.3) is 11.3 Å². The fourth-order valence-corrected chi connectivity index (χ4v) is 3.01. The molecule has 3 rings (SSSR count). The van der Waals surface area contributed by atoms with Gasteiger partial charge in [-0.3, -0.25) is 4.79 Å². The highest BCUT2D eigenvalue weighted by molar-refractivity contribution is 9.10. The molecule has 1 heterocycles. The van der Waals surface area contributed by atoms with E-state index in [-0.39, 0.29) is 17.3 Å². The molecule has 1 aromatic heterocycles. The van der Waals surface area contributed by atoms with Gasteiger partial charge in [0.1, 0.15) is 17.3 Å². The van der Waals surface area contributed by atoms with Crippen LogP contribution >= 0.6 is 15.9 Å². The Morgan fingerprint density at radius 2 is 1.94 bits per heavy atom. The Kier molecular flexibility index (Phi) is 7.61. The van der Waals surface area contributed by atoms with E-state index in [0.29, 0.717) is 28.2 Å². The van der Waals surface area contributed by atoms with Crippen molar-refractivity contribution in [2.75, 3.05) is 6.61 Å². The number of ether oxygens (including phenoxy) is 1. The summed E-state index contributed by atoms with van der Waals surface area (Å²) >= 11 is 3.25. The number of aromatic hydroxyl groups is 1. The number of esters is 1. The maximum Gasteiger partial charge on any atom is 0.338 e. The Morgan fingerprint density at radius 1 is 1.16 bits per heavy atom. The SMILES string of the molecule is CCCCOC(=O)c1ccc(-c2ccc(/C=N/NC(=O)c3cc(Br)ccc3O)o2)cc1. The quantitative estimate of drug-likeness (QED) is 0.199. The lowest BCUT2D eigenvalue weighted by molar-refractivity contribution is 0.0499.